The van der Waals surface area contributed by atoms with Crippen molar-refractivity contribution in [2.45, 2.75) is 24.6 Å². The summed E-state index contributed by atoms with van der Waals surface area (Å²) in [5.41, 5.74) is -1.81. The van der Waals surface area contributed by atoms with E-state index in [-0.39, 0.29) is 24.5 Å². The summed E-state index contributed by atoms with van der Waals surface area (Å²) < 4.78 is 42.7. The summed E-state index contributed by atoms with van der Waals surface area (Å²) in [6.45, 7) is 0. The first-order chi connectivity index (χ1) is 7.47. The van der Waals surface area contributed by atoms with Crippen LogP contribution in [-0.4, -0.2) is 28.8 Å². The SMILES string of the molecule is COc1cc(NC2(C(F)(F)F)CC2)ncn1. The number of hydrogen-bond acceptors (Lipinski definition) is 4. The van der Waals surface area contributed by atoms with Crippen molar-refractivity contribution in [1.29, 1.82) is 0 Å². The third-order valence-electron chi connectivity index (χ3n) is 2.51. The van der Waals surface area contributed by atoms with Crippen LogP contribution in [0.1, 0.15) is 12.8 Å². The predicted molar refractivity (Wildman–Crippen MR) is 50.2 cm³/mol. The lowest BCUT2D eigenvalue weighted by molar-refractivity contribution is -0.151. The van der Waals surface area contributed by atoms with Crippen LogP contribution >= 0.6 is 0 Å². The van der Waals surface area contributed by atoms with Gasteiger partial charge in [-0.15, -0.1) is 0 Å². The van der Waals surface area contributed by atoms with Crippen LogP contribution in [0.3, 0.4) is 0 Å². The zero-order valence-corrected chi connectivity index (χ0v) is 8.51. The minimum atomic E-state index is -4.26. The summed E-state index contributed by atoms with van der Waals surface area (Å²) >= 11 is 0. The smallest absolute Gasteiger partial charge is 0.411 e. The summed E-state index contributed by atoms with van der Waals surface area (Å²) in [4.78, 5) is 7.44. The van der Waals surface area contributed by atoms with Crippen LogP contribution in [0.2, 0.25) is 0 Å². The monoisotopic (exact) mass is 233 g/mol. The summed E-state index contributed by atoms with van der Waals surface area (Å²) in [7, 11) is 1.39. The van der Waals surface area contributed by atoms with Crippen molar-refractivity contribution in [2.24, 2.45) is 0 Å². The lowest BCUT2D eigenvalue weighted by atomic mass is 10.2. The second kappa shape index (κ2) is 3.50. The molecule has 0 aliphatic heterocycles. The van der Waals surface area contributed by atoms with Gasteiger partial charge in [0.2, 0.25) is 5.88 Å². The van der Waals surface area contributed by atoms with E-state index < -0.39 is 11.7 Å². The molecule has 2 rings (SSSR count). The van der Waals surface area contributed by atoms with Crippen molar-refractivity contribution >= 4 is 5.82 Å². The highest BCUT2D eigenvalue weighted by Crippen LogP contribution is 2.50. The van der Waals surface area contributed by atoms with E-state index >= 15 is 0 Å². The quantitative estimate of drug-likeness (QED) is 0.867. The minimum Gasteiger partial charge on any atom is -0.481 e. The number of hydrogen-bond donors (Lipinski definition) is 1. The molecule has 4 nitrogen and oxygen atoms in total. The van der Waals surface area contributed by atoms with E-state index in [1.807, 2.05) is 0 Å². The molecule has 88 valence electrons. The average molecular weight is 233 g/mol. The molecule has 0 amide bonds. The van der Waals surface area contributed by atoms with Gasteiger partial charge in [-0.1, -0.05) is 0 Å². The van der Waals surface area contributed by atoms with Crippen molar-refractivity contribution < 1.29 is 17.9 Å². The molecule has 1 saturated carbocycles. The molecule has 0 spiro atoms. The third-order valence-corrected chi connectivity index (χ3v) is 2.51. The molecule has 1 aromatic heterocycles. The van der Waals surface area contributed by atoms with Gasteiger partial charge in [0.1, 0.15) is 17.7 Å². The van der Waals surface area contributed by atoms with Gasteiger partial charge in [-0.05, 0) is 12.8 Å². The van der Waals surface area contributed by atoms with Crippen LogP contribution in [0.4, 0.5) is 19.0 Å². The van der Waals surface area contributed by atoms with Crippen molar-refractivity contribution in [1.82, 2.24) is 9.97 Å². The number of methoxy groups -OCH3 is 1. The fraction of sp³-hybridized carbons (Fsp3) is 0.556. The molecule has 0 unspecified atom stereocenters. The first-order valence-electron chi connectivity index (χ1n) is 4.68. The molecular weight excluding hydrogens is 223 g/mol. The number of alkyl halides is 3. The zero-order chi connectivity index (χ0) is 11.8. The van der Waals surface area contributed by atoms with E-state index in [9.17, 15) is 13.2 Å². The second-order valence-electron chi connectivity index (χ2n) is 3.65. The fourth-order valence-electron chi connectivity index (χ4n) is 1.37. The summed E-state index contributed by atoms with van der Waals surface area (Å²) in [6.07, 6.45) is -2.95. The number of nitrogens with one attached hydrogen (secondary N) is 1. The summed E-state index contributed by atoms with van der Waals surface area (Å²) in [6, 6.07) is 1.34. The predicted octanol–water partition coefficient (Wildman–Crippen LogP) is 1.99. The number of rotatable bonds is 3. The second-order valence-corrected chi connectivity index (χ2v) is 3.65. The Morgan fingerprint density at radius 2 is 2.06 bits per heavy atom. The highest BCUT2D eigenvalue weighted by molar-refractivity contribution is 5.43. The van der Waals surface area contributed by atoms with Crippen LogP contribution < -0.4 is 10.1 Å². The van der Waals surface area contributed by atoms with Gasteiger partial charge in [-0.25, -0.2) is 9.97 Å². The first-order valence-corrected chi connectivity index (χ1v) is 4.68. The number of halogens is 3. The Morgan fingerprint density at radius 1 is 1.38 bits per heavy atom. The van der Waals surface area contributed by atoms with Crippen LogP contribution in [0.5, 0.6) is 5.88 Å². The highest BCUT2D eigenvalue weighted by atomic mass is 19.4. The summed E-state index contributed by atoms with van der Waals surface area (Å²) in [5.74, 6) is 0.358. The van der Waals surface area contributed by atoms with E-state index in [2.05, 4.69) is 15.3 Å². The molecule has 1 N–H and O–H groups in total. The van der Waals surface area contributed by atoms with Gasteiger partial charge in [-0.2, -0.15) is 13.2 Å². The molecule has 1 aliphatic carbocycles. The molecule has 1 fully saturated rings. The molecule has 0 aromatic carbocycles. The van der Waals surface area contributed by atoms with E-state index in [1.165, 1.54) is 13.2 Å². The molecule has 16 heavy (non-hydrogen) atoms. The maximum atomic E-state index is 12.6. The highest BCUT2D eigenvalue weighted by Gasteiger charge is 2.63. The Hall–Kier alpha value is -1.53. The van der Waals surface area contributed by atoms with Crippen molar-refractivity contribution in [3.63, 3.8) is 0 Å². The van der Waals surface area contributed by atoms with Crippen molar-refractivity contribution in [3.05, 3.63) is 12.4 Å². The Labute approximate surface area is 89.8 Å². The molecule has 0 saturated heterocycles. The van der Waals surface area contributed by atoms with Crippen LogP contribution in [0, 0.1) is 0 Å². The van der Waals surface area contributed by atoms with Gasteiger partial charge >= 0.3 is 6.18 Å². The Morgan fingerprint density at radius 3 is 2.56 bits per heavy atom. The minimum absolute atomic E-state index is 0.0722. The van der Waals surface area contributed by atoms with Crippen LogP contribution in [0.25, 0.3) is 0 Å². The largest absolute Gasteiger partial charge is 0.481 e. The van der Waals surface area contributed by atoms with Gasteiger partial charge in [0.15, 0.2) is 0 Å². The molecule has 1 aliphatic rings. The van der Waals surface area contributed by atoms with E-state index in [1.54, 1.807) is 0 Å². The van der Waals surface area contributed by atoms with Gasteiger partial charge in [0.25, 0.3) is 0 Å². The van der Waals surface area contributed by atoms with E-state index in [0.717, 1.165) is 6.33 Å². The van der Waals surface area contributed by atoms with Gasteiger partial charge in [-0.3, -0.25) is 0 Å². The lowest BCUT2D eigenvalue weighted by Gasteiger charge is -2.21. The number of ether oxygens (including phenoxy) is 1. The van der Waals surface area contributed by atoms with E-state index in [0.29, 0.717) is 0 Å². The van der Waals surface area contributed by atoms with E-state index in [4.69, 9.17) is 4.74 Å². The standard InChI is InChI=1S/C9H10F3N3O/c1-16-7-4-6(13-5-14-7)15-8(2-3-8)9(10,11)12/h4-5H,2-3H2,1H3,(H,13,14,15). The lowest BCUT2D eigenvalue weighted by Crippen LogP contribution is -2.38. The first kappa shape index (κ1) is 11.0. The van der Waals surface area contributed by atoms with Gasteiger partial charge in [0.05, 0.1) is 7.11 Å². The fourth-order valence-corrected chi connectivity index (χ4v) is 1.37. The topological polar surface area (TPSA) is 47.0 Å². The zero-order valence-electron chi connectivity index (χ0n) is 8.51. The molecule has 0 atom stereocenters. The number of anilines is 1. The van der Waals surface area contributed by atoms with Crippen molar-refractivity contribution in [2.75, 3.05) is 12.4 Å². The maximum Gasteiger partial charge on any atom is 0.411 e. The van der Waals surface area contributed by atoms with Gasteiger partial charge in [0, 0.05) is 6.07 Å². The Balaban J connectivity index is 2.15. The molecule has 1 heterocycles. The molecule has 0 radical (unpaired) electrons. The van der Waals surface area contributed by atoms with Gasteiger partial charge < -0.3 is 10.1 Å². The molecule has 1 aromatic rings. The van der Waals surface area contributed by atoms with Crippen LogP contribution in [-0.2, 0) is 0 Å². The summed E-state index contributed by atoms with van der Waals surface area (Å²) in [5, 5.41) is 2.39. The molecular formula is C9H10F3N3O. The normalized spacial score (nSPS) is 18.0. The van der Waals surface area contributed by atoms with Crippen molar-refractivity contribution in [3.8, 4) is 5.88 Å². The van der Waals surface area contributed by atoms with Crippen LogP contribution in [0.15, 0.2) is 12.4 Å². The Bertz CT molecular complexity index is 390. The molecule has 0 bridgehead atoms. The third kappa shape index (κ3) is 1.89. The maximum absolute atomic E-state index is 12.6. The number of nitrogens with zero attached hydrogens (tertiary/aromatic N) is 2. The average Bonchev–Trinajstić information content (AvgIpc) is 2.98. The Kier molecular flexibility index (Phi) is 2.40. The molecule has 7 heteroatoms. The number of aromatic nitrogens is 2.